The molecule has 2 aromatic carbocycles. The molecule has 1 heterocycles. The molecule has 8 heteroatoms. The molecule has 1 N–H and O–H groups in total. The molecule has 0 unspecified atom stereocenters. The highest BCUT2D eigenvalue weighted by molar-refractivity contribution is 7.90. The van der Waals surface area contributed by atoms with Crippen molar-refractivity contribution < 1.29 is 22.7 Å². The molecule has 144 valence electrons. The van der Waals surface area contributed by atoms with Crippen LogP contribution in [0.5, 0.6) is 0 Å². The second-order valence-corrected chi connectivity index (χ2v) is 8.78. The van der Waals surface area contributed by atoms with E-state index in [1.165, 1.54) is 18.4 Å². The van der Waals surface area contributed by atoms with Gasteiger partial charge >= 0.3 is 5.97 Å². The van der Waals surface area contributed by atoms with Gasteiger partial charge in [0.05, 0.1) is 23.3 Å². The number of thiophene rings is 1. The van der Waals surface area contributed by atoms with Gasteiger partial charge in [-0.25, -0.2) is 13.2 Å². The second kappa shape index (κ2) is 8.37. The van der Waals surface area contributed by atoms with Crippen LogP contribution in [0.3, 0.4) is 0 Å². The third-order valence-electron chi connectivity index (χ3n) is 3.97. The summed E-state index contributed by atoms with van der Waals surface area (Å²) >= 11 is 1.21. The maximum Gasteiger partial charge on any atom is 0.340 e. The molecule has 0 saturated carbocycles. The van der Waals surface area contributed by atoms with E-state index in [4.69, 9.17) is 0 Å². The molecule has 6 nitrogen and oxygen atoms in total. The largest absolute Gasteiger partial charge is 0.465 e. The summed E-state index contributed by atoms with van der Waals surface area (Å²) in [5, 5.41) is 4.75. The summed E-state index contributed by atoms with van der Waals surface area (Å²) in [7, 11) is -2.18. The average molecular weight is 415 g/mol. The number of nitrogens with one attached hydrogen (secondary N) is 1. The minimum absolute atomic E-state index is 0.156. The van der Waals surface area contributed by atoms with Crippen LogP contribution >= 0.6 is 11.3 Å². The fraction of sp³-hybridized carbons (Fsp3) is 0.100. The molecular formula is C20H17NO5S2. The van der Waals surface area contributed by atoms with E-state index >= 15 is 0 Å². The van der Waals surface area contributed by atoms with Gasteiger partial charge in [0.2, 0.25) is 0 Å². The van der Waals surface area contributed by atoms with Crippen LogP contribution < -0.4 is 5.32 Å². The molecule has 3 rings (SSSR count). The quantitative estimate of drug-likeness (QED) is 0.619. The van der Waals surface area contributed by atoms with Gasteiger partial charge in [-0.3, -0.25) is 4.79 Å². The first kappa shape index (κ1) is 19.8. The number of carbonyl (C=O) groups excluding carboxylic acids is 2. The van der Waals surface area contributed by atoms with E-state index in [0.717, 1.165) is 0 Å². The number of benzene rings is 2. The molecule has 0 aliphatic rings. The van der Waals surface area contributed by atoms with Crippen LogP contribution in [0.4, 0.5) is 5.00 Å². The molecule has 0 aliphatic carbocycles. The highest BCUT2D eigenvalue weighted by atomic mass is 32.2. The number of hydrogen-bond acceptors (Lipinski definition) is 6. The molecule has 0 aliphatic heterocycles. The van der Waals surface area contributed by atoms with E-state index in [1.807, 2.05) is 0 Å². The lowest BCUT2D eigenvalue weighted by Gasteiger charge is -2.07. The fourth-order valence-corrected chi connectivity index (χ4v) is 4.67. The minimum atomic E-state index is -3.46. The maximum absolute atomic E-state index is 12.4. The third kappa shape index (κ3) is 4.47. The Morgan fingerprint density at radius 2 is 1.68 bits per heavy atom. The van der Waals surface area contributed by atoms with Crippen molar-refractivity contribution in [3.63, 3.8) is 0 Å². The summed E-state index contributed by atoms with van der Waals surface area (Å²) in [4.78, 5) is 24.4. The zero-order valence-corrected chi connectivity index (χ0v) is 16.5. The van der Waals surface area contributed by atoms with E-state index in [1.54, 1.807) is 66.0 Å². The van der Waals surface area contributed by atoms with Gasteiger partial charge in [0.1, 0.15) is 5.00 Å². The predicted octanol–water partition coefficient (Wildman–Crippen LogP) is 3.76. The lowest BCUT2D eigenvalue weighted by Crippen LogP contribution is -2.14. The molecule has 0 bridgehead atoms. The monoisotopic (exact) mass is 415 g/mol. The fourth-order valence-electron chi connectivity index (χ4n) is 2.53. The molecule has 0 spiro atoms. The molecule has 0 radical (unpaired) electrons. The lowest BCUT2D eigenvalue weighted by molar-refractivity contribution is 0.0602. The highest BCUT2D eigenvalue weighted by Crippen LogP contribution is 2.25. The Morgan fingerprint density at radius 1 is 1.00 bits per heavy atom. The number of carbonyl (C=O) groups is 2. The summed E-state index contributed by atoms with van der Waals surface area (Å²) < 4.78 is 29.6. The van der Waals surface area contributed by atoms with Gasteiger partial charge in [0.25, 0.3) is 5.91 Å². The zero-order chi connectivity index (χ0) is 20.1. The Balaban J connectivity index is 1.72. The maximum atomic E-state index is 12.4. The molecule has 0 atom stereocenters. The van der Waals surface area contributed by atoms with Crippen molar-refractivity contribution in [3.8, 4) is 0 Å². The molecule has 28 heavy (non-hydrogen) atoms. The van der Waals surface area contributed by atoms with Crippen LogP contribution in [0, 0.1) is 0 Å². The normalized spacial score (nSPS) is 11.0. The Bertz CT molecular complexity index is 1090. The summed E-state index contributed by atoms with van der Waals surface area (Å²) in [6.07, 6.45) is 0. The van der Waals surface area contributed by atoms with E-state index in [-0.39, 0.29) is 16.2 Å². The number of sulfone groups is 1. The molecule has 0 fully saturated rings. The van der Waals surface area contributed by atoms with E-state index < -0.39 is 21.7 Å². The van der Waals surface area contributed by atoms with Crippen molar-refractivity contribution in [2.24, 2.45) is 0 Å². The molecular weight excluding hydrogens is 398 g/mol. The van der Waals surface area contributed by atoms with Crippen LogP contribution in [0.1, 0.15) is 26.3 Å². The number of ether oxygens (including phenoxy) is 1. The standard InChI is InChI=1S/C20H17NO5S2/c1-26-20(23)17-11-12-27-19(17)21-18(22)15-9-7-14(8-10-15)13-28(24,25)16-5-3-2-4-6-16/h2-12H,13H2,1H3,(H,21,22). The van der Waals surface area contributed by atoms with Crippen molar-refractivity contribution >= 4 is 38.1 Å². The van der Waals surface area contributed by atoms with Crippen molar-refractivity contribution in [3.05, 3.63) is 82.7 Å². The second-order valence-electron chi connectivity index (χ2n) is 5.88. The van der Waals surface area contributed by atoms with Crippen LogP contribution in [-0.4, -0.2) is 27.4 Å². The van der Waals surface area contributed by atoms with Crippen LogP contribution in [0.25, 0.3) is 0 Å². The Labute approximate surface area is 166 Å². The van der Waals surface area contributed by atoms with E-state index in [2.05, 4.69) is 10.1 Å². The topological polar surface area (TPSA) is 89.5 Å². The van der Waals surface area contributed by atoms with Gasteiger partial charge in [-0.15, -0.1) is 11.3 Å². The molecule has 1 aromatic heterocycles. The van der Waals surface area contributed by atoms with Crippen LogP contribution in [0.15, 0.2) is 70.9 Å². The minimum Gasteiger partial charge on any atom is -0.465 e. The first-order valence-corrected chi connectivity index (χ1v) is 10.8. The Morgan fingerprint density at radius 3 is 2.32 bits per heavy atom. The summed E-state index contributed by atoms with van der Waals surface area (Å²) in [5.74, 6) is -1.08. The van der Waals surface area contributed by atoms with Crippen LogP contribution in [-0.2, 0) is 20.3 Å². The van der Waals surface area contributed by atoms with E-state index in [0.29, 0.717) is 16.1 Å². The smallest absolute Gasteiger partial charge is 0.340 e. The number of rotatable bonds is 6. The van der Waals surface area contributed by atoms with Gasteiger partial charge in [0, 0.05) is 5.56 Å². The summed E-state index contributed by atoms with van der Waals surface area (Å²) in [5.41, 5.74) is 1.21. The summed E-state index contributed by atoms with van der Waals surface area (Å²) in [6, 6.07) is 16.1. The van der Waals surface area contributed by atoms with Gasteiger partial charge in [0.15, 0.2) is 9.84 Å². The van der Waals surface area contributed by atoms with Gasteiger partial charge in [-0.1, -0.05) is 30.3 Å². The summed E-state index contributed by atoms with van der Waals surface area (Å²) in [6.45, 7) is 0. The lowest BCUT2D eigenvalue weighted by atomic mass is 10.1. The van der Waals surface area contributed by atoms with Crippen molar-refractivity contribution in [2.75, 3.05) is 12.4 Å². The number of anilines is 1. The predicted molar refractivity (Wildman–Crippen MR) is 107 cm³/mol. The van der Waals surface area contributed by atoms with Gasteiger partial charge in [-0.05, 0) is 41.3 Å². The number of hydrogen-bond donors (Lipinski definition) is 1. The number of amides is 1. The van der Waals surface area contributed by atoms with Crippen molar-refractivity contribution in [1.82, 2.24) is 0 Å². The third-order valence-corrected chi connectivity index (χ3v) is 6.51. The number of esters is 1. The van der Waals surface area contributed by atoms with Gasteiger partial charge < -0.3 is 10.1 Å². The molecule has 1 amide bonds. The van der Waals surface area contributed by atoms with Gasteiger partial charge in [-0.2, -0.15) is 0 Å². The SMILES string of the molecule is COC(=O)c1ccsc1NC(=O)c1ccc(CS(=O)(=O)c2ccccc2)cc1. The highest BCUT2D eigenvalue weighted by Gasteiger charge is 2.17. The Hall–Kier alpha value is -2.97. The molecule has 0 saturated heterocycles. The zero-order valence-electron chi connectivity index (χ0n) is 14.9. The average Bonchev–Trinajstić information content (AvgIpc) is 3.16. The Kier molecular flexibility index (Phi) is 5.91. The van der Waals surface area contributed by atoms with Crippen molar-refractivity contribution in [2.45, 2.75) is 10.6 Å². The van der Waals surface area contributed by atoms with E-state index in [9.17, 15) is 18.0 Å². The first-order valence-electron chi connectivity index (χ1n) is 8.24. The number of methoxy groups -OCH3 is 1. The van der Waals surface area contributed by atoms with Crippen molar-refractivity contribution in [1.29, 1.82) is 0 Å². The molecule has 3 aromatic rings. The first-order chi connectivity index (χ1) is 13.4. The van der Waals surface area contributed by atoms with Crippen LogP contribution in [0.2, 0.25) is 0 Å².